The first kappa shape index (κ1) is 15.0. The summed E-state index contributed by atoms with van der Waals surface area (Å²) in [6.07, 6.45) is 0. The molecule has 0 aromatic heterocycles. The number of benzene rings is 1. The number of hydrogen-bond acceptors (Lipinski definition) is 4. The number of amides is 3. The van der Waals surface area contributed by atoms with Crippen LogP contribution in [0.15, 0.2) is 22.6 Å². The monoisotopic (exact) mass is 281 g/mol. The zero-order valence-corrected chi connectivity index (χ0v) is 11.7. The van der Waals surface area contributed by atoms with Crippen LogP contribution in [0.25, 0.3) is 0 Å². The number of rotatable bonds is 3. The molecule has 0 spiro atoms. The lowest BCUT2D eigenvalue weighted by Gasteiger charge is -2.22. The van der Waals surface area contributed by atoms with E-state index < -0.39 is 17.5 Å². The highest BCUT2D eigenvalue weighted by Gasteiger charge is 2.16. The molecule has 0 atom stereocenters. The molecule has 0 saturated heterocycles. The van der Waals surface area contributed by atoms with Crippen molar-refractivity contribution in [3.63, 3.8) is 0 Å². The molecule has 0 saturated carbocycles. The average Bonchev–Trinajstić information content (AvgIpc) is 2.26. The molecular weight excluding hydrogens is 266 g/mol. The second kappa shape index (κ2) is 5.75. The van der Waals surface area contributed by atoms with Gasteiger partial charge in [-0.1, -0.05) is 0 Å². The second-order valence-corrected chi connectivity index (χ2v) is 4.99. The summed E-state index contributed by atoms with van der Waals surface area (Å²) in [4.78, 5) is 22.4. The fourth-order valence-corrected chi connectivity index (χ4v) is 1.44. The van der Waals surface area contributed by atoms with Gasteiger partial charge in [-0.05, 0) is 32.9 Å². The van der Waals surface area contributed by atoms with Crippen LogP contribution in [0.4, 0.5) is 10.5 Å². The number of ether oxygens (including phenoxy) is 1. The first-order chi connectivity index (χ1) is 8.73. The molecular formula is C12H15N3O3S. The number of primary amides is 1. The Kier molecular flexibility index (Phi) is 4.55. The summed E-state index contributed by atoms with van der Waals surface area (Å²) >= 11 is 4.27. The molecule has 1 aromatic carbocycles. The normalized spacial score (nSPS) is 10.7. The molecule has 1 aromatic rings. The Morgan fingerprint density at radius 2 is 2.00 bits per heavy atom. The topological polar surface area (TPSA) is 93.8 Å². The zero-order valence-electron chi connectivity index (χ0n) is 10.9. The lowest BCUT2D eigenvalue weighted by atomic mass is 10.1. The van der Waals surface area contributed by atoms with E-state index in [-0.39, 0.29) is 11.3 Å². The zero-order chi connectivity index (χ0) is 14.6. The predicted octanol–water partition coefficient (Wildman–Crippen LogP) is 2.23. The van der Waals surface area contributed by atoms with E-state index in [9.17, 15) is 9.59 Å². The van der Waals surface area contributed by atoms with E-state index in [1.165, 1.54) is 12.1 Å². The fraction of sp³-hybridized carbons (Fsp3) is 0.333. The van der Waals surface area contributed by atoms with Gasteiger partial charge in [-0.3, -0.25) is 4.79 Å². The van der Waals surface area contributed by atoms with Crippen molar-refractivity contribution in [3.05, 3.63) is 23.8 Å². The Morgan fingerprint density at radius 1 is 1.37 bits per heavy atom. The molecule has 0 heterocycles. The van der Waals surface area contributed by atoms with Crippen molar-refractivity contribution in [2.24, 2.45) is 10.1 Å². The summed E-state index contributed by atoms with van der Waals surface area (Å²) in [7, 11) is 0. The highest BCUT2D eigenvalue weighted by atomic mass is 32.1. The van der Waals surface area contributed by atoms with Gasteiger partial charge in [0, 0.05) is 18.5 Å². The standard InChI is InChI=1S/C12H15N3O3S/c1-12(2,3)18-7-4-5-8(10(13)16)9(6-7)14-11(17)15-19/h4-6H,1-3H3,(H2,13,16)(H,14,17). The van der Waals surface area contributed by atoms with E-state index in [0.717, 1.165) is 0 Å². The predicted molar refractivity (Wildman–Crippen MR) is 74.2 cm³/mol. The molecule has 0 unspecified atom stereocenters. The van der Waals surface area contributed by atoms with Crippen LogP contribution in [0, 0.1) is 0 Å². The molecule has 0 radical (unpaired) electrons. The Hall–Kier alpha value is -2.02. The van der Waals surface area contributed by atoms with Gasteiger partial charge in [0.25, 0.3) is 5.91 Å². The summed E-state index contributed by atoms with van der Waals surface area (Å²) in [5, 5.41) is 2.38. The van der Waals surface area contributed by atoms with E-state index in [0.29, 0.717) is 5.75 Å². The van der Waals surface area contributed by atoms with E-state index in [1.807, 2.05) is 20.8 Å². The molecule has 3 N–H and O–H groups in total. The van der Waals surface area contributed by atoms with Gasteiger partial charge < -0.3 is 15.8 Å². The molecule has 1 rings (SSSR count). The molecule has 102 valence electrons. The van der Waals surface area contributed by atoms with Gasteiger partial charge >= 0.3 is 6.03 Å². The third-order valence-corrected chi connectivity index (χ3v) is 2.17. The van der Waals surface area contributed by atoms with Gasteiger partial charge in [-0.15, -0.1) is 4.36 Å². The Balaban J connectivity index is 3.14. The average molecular weight is 281 g/mol. The molecule has 7 heteroatoms. The number of nitrogens with zero attached hydrogens (tertiary/aromatic N) is 1. The minimum Gasteiger partial charge on any atom is -0.488 e. The van der Waals surface area contributed by atoms with E-state index in [1.54, 1.807) is 6.07 Å². The van der Waals surface area contributed by atoms with Crippen LogP contribution >= 0.6 is 0 Å². The Morgan fingerprint density at radius 3 is 2.47 bits per heavy atom. The van der Waals surface area contributed by atoms with Crippen LogP contribution in [0.5, 0.6) is 5.75 Å². The minimum absolute atomic E-state index is 0.160. The molecule has 0 bridgehead atoms. The lowest BCUT2D eigenvalue weighted by Crippen LogP contribution is -2.23. The van der Waals surface area contributed by atoms with Gasteiger partial charge in [-0.25, -0.2) is 4.79 Å². The highest BCUT2D eigenvalue weighted by molar-refractivity contribution is 7.47. The van der Waals surface area contributed by atoms with E-state index >= 15 is 0 Å². The maximum absolute atomic E-state index is 11.3. The summed E-state index contributed by atoms with van der Waals surface area (Å²) in [5.41, 5.74) is 5.19. The van der Waals surface area contributed by atoms with Crippen molar-refractivity contribution < 1.29 is 14.3 Å². The van der Waals surface area contributed by atoms with Crippen LogP contribution in [0.1, 0.15) is 31.1 Å². The number of nitrogens with two attached hydrogens (primary N) is 1. The summed E-state index contributed by atoms with van der Waals surface area (Å²) < 4.78 is 8.66. The summed E-state index contributed by atoms with van der Waals surface area (Å²) in [6.45, 7) is 5.64. The number of anilines is 1. The van der Waals surface area contributed by atoms with E-state index in [2.05, 4.69) is 22.1 Å². The molecule has 0 fully saturated rings. The first-order valence-electron chi connectivity index (χ1n) is 5.50. The van der Waals surface area contributed by atoms with Crippen molar-refractivity contribution in [2.45, 2.75) is 26.4 Å². The SMILES string of the molecule is CC(C)(C)Oc1ccc(C(N)=O)c(NC(=O)N=S)c1. The number of urea groups is 1. The third-order valence-electron chi connectivity index (χ3n) is 2.01. The Bertz CT molecular complexity index is 523. The van der Waals surface area contributed by atoms with Gasteiger partial charge in [0.1, 0.15) is 11.4 Å². The van der Waals surface area contributed by atoms with Crippen LogP contribution in [0.3, 0.4) is 0 Å². The van der Waals surface area contributed by atoms with Gasteiger partial charge in [0.05, 0.1) is 11.3 Å². The molecule has 0 aliphatic rings. The number of carbonyl (C=O) groups excluding carboxylic acids is 2. The fourth-order valence-electron chi connectivity index (χ4n) is 1.40. The van der Waals surface area contributed by atoms with Gasteiger partial charge in [-0.2, -0.15) is 0 Å². The van der Waals surface area contributed by atoms with Gasteiger partial charge in [0.2, 0.25) is 0 Å². The maximum atomic E-state index is 11.3. The summed E-state index contributed by atoms with van der Waals surface area (Å²) in [5.74, 6) is -0.167. The number of carbonyl (C=O) groups is 2. The molecule has 3 amide bonds. The van der Waals surface area contributed by atoms with Crippen LogP contribution < -0.4 is 15.8 Å². The molecule has 19 heavy (non-hydrogen) atoms. The maximum Gasteiger partial charge on any atom is 0.356 e. The van der Waals surface area contributed by atoms with Crippen molar-refractivity contribution in [2.75, 3.05) is 5.32 Å². The van der Waals surface area contributed by atoms with Crippen LogP contribution in [0.2, 0.25) is 0 Å². The second-order valence-electron chi connectivity index (χ2n) is 4.81. The van der Waals surface area contributed by atoms with Crippen molar-refractivity contribution in [1.29, 1.82) is 0 Å². The van der Waals surface area contributed by atoms with Gasteiger partial charge in [0.15, 0.2) is 0 Å². The Labute approximate surface area is 116 Å². The van der Waals surface area contributed by atoms with Crippen LogP contribution in [-0.4, -0.2) is 17.5 Å². The summed E-state index contributed by atoms with van der Waals surface area (Å²) in [6, 6.07) is 3.84. The largest absolute Gasteiger partial charge is 0.488 e. The lowest BCUT2D eigenvalue weighted by molar-refractivity contribution is 0.100. The van der Waals surface area contributed by atoms with E-state index in [4.69, 9.17) is 10.5 Å². The van der Waals surface area contributed by atoms with Crippen molar-refractivity contribution >= 4 is 30.1 Å². The van der Waals surface area contributed by atoms with Crippen LogP contribution in [-0.2, 0) is 12.4 Å². The number of nitrogens with one attached hydrogen (secondary N) is 1. The third kappa shape index (κ3) is 4.63. The number of hydrogen-bond donors (Lipinski definition) is 2. The molecule has 0 aliphatic carbocycles. The first-order valence-corrected chi connectivity index (χ1v) is 5.86. The molecule has 0 aliphatic heterocycles. The molecule has 6 nitrogen and oxygen atoms in total. The minimum atomic E-state index is -0.745. The smallest absolute Gasteiger partial charge is 0.356 e. The quantitative estimate of drug-likeness (QED) is 0.888. The van der Waals surface area contributed by atoms with Crippen molar-refractivity contribution in [1.82, 2.24) is 0 Å². The van der Waals surface area contributed by atoms with Crippen molar-refractivity contribution in [3.8, 4) is 5.75 Å². The highest BCUT2D eigenvalue weighted by Crippen LogP contribution is 2.25.